The van der Waals surface area contributed by atoms with Gasteiger partial charge in [-0.3, -0.25) is 9.59 Å². The molecule has 5 nitrogen and oxygen atoms in total. The first-order chi connectivity index (χ1) is 9.63. The van der Waals surface area contributed by atoms with Gasteiger partial charge in [0.25, 0.3) is 5.91 Å². The van der Waals surface area contributed by atoms with Gasteiger partial charge in [0.1, 0.15) is 5.82 Å². The average Bonchev–Trinajstić information content (AvgIpc) is 2.65. The first-order valence-corrected chi connectivity index (χ1v) is 6.72. The molecular weight excluding hydrogens is 261 g/mol. The van der Waals surface area contributed by atoms with Crippen LogP contribution >= 0.6 is 0 Å². The summed E-state index contributed by atoms with van der Waals surface area (Å²) in [5.41, 5.74) is 0.532. The number of rotatable bonds is 3. The highest BCUT2D eigenvalue weighted by atomic mass is 19.1. The van der Waals surface area contributed by atoms with Gasteiger partial charge in [0, 0.05) is 32.6 Å². The number of carbonyl (C=O) groups excluding carboxylic acids is 2. The Bertz CT molecular complexity index is 519. The van der Waals surface area contributed by atoms with Gasteiger partial charge >= 0.3 is 0 Å². The number of para-hydroxylation sites is 1. The summed E-state index contributed by atoms with van der Waals surface area (Å²) in [6.45, 7) is 3.59. The zero-order valence-electron chi connectivity index (χ0n) is 11.4. The first-order valence-electron chi connectivity index (χ1n) is 6.72. The van der Waals surface area contributed by atoms with Crippen LogP contribution in [0, 0.1) is 5.82 Å². The summed E-state index contributed by atoms with van der Waals surface area (Å²) in [5, 5.41) is 5.59. The fourth-order valence-electron chi connectivity index (χ4n) is 2.20. The lowest BCUT2D eigenvalue weighted by Gasteiger charge is -2.21. The largest absolute Gasteiger partial charge is 0.382 e. The van der Waals surface area contributed by atoms with Crippen LogP contribution in [-0.4, -0.2) is 42.9 Å². The van der Waals surface area contributed by atoms with Crippen LogP contribution in [0.4, 0.5) is 10.1 Å². The van der Waals surface area contributed by atoms with Gasteiger partial charge in [0.2, 0.25) is 5.91 Å². The molecule has 2 amide bonds. The van der Waals surface area contributed by atoms with Crippen LogP contribution in [0.3, 0.4) is 0 Å². The van der Waals surface area contributed by atoms with Crippen molar-refractivity contribution < 1.29 is 14.0 Å². The zero-order valence-corrected chi connectivity index (χ0v) is 11.4. The molecule has 1 heterocycles. The molecule has 1 aromatic carbocycles. The third kappa shape index (κ3) is 3.07. The van der Waals surface area contributed by atoms with Crippen LogP contribution in [0.1, 0.15) is 23.7 Å². The van der Waals surface area contributed by atoms with E-state index >= 15 is 0 Å². The summed E-state index contributed by atoms with van der Waals surface area (Å²) in [5.74, 6) is -0.759. The third-order valence-corrected chi connectivity index (χ3v) is 3.20. The van der Waals surface area contributed by atoms with Crippen molar-refractivity contribution in [3.05, 3.63) is 29.6 Å². The summed E-state index contributed by atoms with van der Waals surface area (Å²) < 4.78 is 13.8. The van der Waals surface area contributed by atoms with Crippen molar-refractivity contribution in [1.82, 2.24) is 10.2 Å². The molecule has 0 saturated carbocycles. The fraction of sp³-hybridized carbons (Fsp3) is 0.429. The number of benzene rings is 1. The number of nitrogens with zero attached hydrogens (tertiary/aromatic N) is 1. The molecule has 1 aromatic rings. The molecule has 1 aliphatic rings. The highest BCUT2D eigenvalue weighted by Crippen LogP contribution is 2.21. The van der Waals surface area contributed by atoms with E-state index in [1.54, 1.807) is 11.0 Å². The molecule has 0 aromatic heterocycles. The molecule has 2 rings (SSSR count). The molecule has 0 bridgehead atoms. The first kappa shape index (κ1) is 14.3. The Labute approximate surface area is 117 Å². The molecule has 1 fully saturated rings. The second-order valence-corrected chi connectivity index (χ2v) is 4.58. The lowest BCUT2D eigenvalue weighted by atomic mass is 10.1. The molecule has 6 heteroatoms. The maximum absolute atomic E-state index is 13.8. The Morgan fingerprint density at radius 2 is 2.25 bits per heavy atom. The van der Waals surface area contributed by atoms with E-state index in [0.29, 0.717) is 31.7 Å². The molecule has 0 spiro atoms. The van der Waals surface area contributed by atoms with Crippen molar-refractivity contribution in [2.45, 2.75) is 13.3 Å². The number of hydrogen-bond acceptors (Lipinski definition) is 3. The fourth-order valence-corrected chi connectivity index (χ4v) is 2.20. The zero-order chi connectivity index (χ0) is 14.5. The van der Waals surface area contributed by atoms with Gasteiger partial charge in [-0.15, -0.1) is 0 Å². The molecule has 0 aliphatic carbocycles. The van der Waals surface area contributed by atoms with E-state index in [9.17, 15) is 14.0 Å². The van der Waals surface area contributed by atoms with E-state index in [4.69, 9.17) is 0 Å². The van der Waals surface area contributed by atoms with Crippen LogP contribution in [0.2, 0.25) is 0 Å². The Balaban J connectivity index is 2.24. The van der Waals surface area contributed by atoms with E-state index in [2.05, 4.69) is 10.6 Å². The second kappa shape index (κ2) is 6.36. The van der Waals surface area contributed by atoms with Crippen LogP contribution in [0.5, 0.6) is 0 Å². The standard InChI is InChI=1S/C14H18FN3O2/c1-2-16-13-10(4-3-5-11(13)15)14(20)18-8-6-12(19)17-7-9-18/h3-5,16H,2,6-9H2,1H3,(H,17,19). The molecule has 1 saturated heterocycles. The van der Waals surface area contributed by atoms with E-state index < -0.39 is 5.82 Å². The minimum absolute atomic E-state index is 0.0635. The summed E-state index contributed by atoms with van der Waals surface area (Å²) >= 11 is 0. The number of carbonyl (C=O) groups is 2. The topological polar surface area (TPSA) is 61.4 Å². The number of anilines is 1. The summed E-state index contributed by atoms with van der Waals surface area (Å²) in [4.78, 5) is 25.4. The number of amides is 2. The van der Waals surface area contributed by atoms with Gasteiger partial charge in [-0.25, -0.2) is 4.39 Å². The summed E-state index contributed by atoms with van der Waals surface area (Å²) in [6, 6.07) is 4.44. The third-order valence-electron chi connectivity index (χ3n) is 3.20. The quantitative estimate of drug-likeness (QED) is 0.874. The smallest absolute Gasteiger partial charge is 0.256 e. The Morgan fingerprint density at radius 1 is 1.45 bits per heavy atom. The molecule has 108 valence electrons. The van der Waals surface area contributed by atoms with Crippen LogP contribution in [0.15, 0.2) is 18.2 Å². The maximum atomic E-state index is 13.8. The van der Waals surface area contributed by atoms with Crippen molar-refractivity contribution in [3.8, 4) is 0 Å². The van der Waals surface area contributed by atoms with Gasteiger partial charge in [-0.05, 0) is 19.1 Å². The summed E-state index contributed by atoms with van der Waals surface area (Å²) in [6.07, 6.45) is 0.275. The summed E-state index contributed by atoms with van der Waals surface area (Å²) in [7, 11) is 0. The Kier molecular flexibility index (Phi) is 4.55. The molecule has 0 radical (unpaired) electrons. The lowest BCUT2D eigenvalue weighted by Crippen LogP contribution is -2.34. The van der Waals surface area contributed by atoms with Crippen LogP contribution < -0.4 is 10.6 Å². The van der Waals surface area contributed by atoms with Crippen molar-refractivity contribution >= 4 is 17.5 Å². The normalized spacial score (nSPS) is 15.5. The van der Waals surface area contributed by atoms with Crippen molar-refractivity contribution in [3.63, 3.8) is 0 Å². The number of nitrogens with one attached hydrogen (secondary N) is 2. The number of hydrogen-bond donors (Lipinski definition) is 2. The van der Waals surface area contributed by atoms with Gasteiger partial charge in [-0.2, -0.15) is 0 Å². The van der Waals surface area contributed by atoms with Gasteiger partial charge in [-0.1, -0.05) is 6.07 Å². The maximum Gasteiger partial charge on any atom is 0.256 e. The van der Waals surface area contributed by atoms with Crippen LogP contribution in [-0.2, 0) is 4.79 Å². The highest BCUT2D eigenvalue weighted by Gasteiger charge is 2.23. The van der Waals surface area contributed by atoms with Crippen molar-refractivity contribution in [2.75, 3.05) is 31.5 Å². The molecule has 20 heavy (non-hydrogen) atoms. The predicted molar refractivity (Wildman–Crippen MR) is 74.1 cm³/mol. The molecular formula is C14H18FN3O2. The SMILES string of the molecule is CCNc1c(F)cccc1C(=O)N1CCNC(=O)CC1. The van der Waals surface area contributed by atoms with Gasteiger partial charge in [0.15, 0.2) is 0 Å². The van der Waals surface area contributed by atoms with Crippen molar-refractivity contribution in [1.29, 1.82) is 0 Å². The predicted octanol–water partition coefficient (Wildman–Crippen LogP) is 1.22. The number of halogens is 1. The lowest BCUT2D eigenvalue weighted by molar-refractivity contribution is -0.120. The Morgan fingerprint density at radius 3 is 3.00 bits per heavy atom. The minimum atomic E-state index is -0.443. The molecule has 1 aliphatic heterocycles. The van der Waals surface area contributed by atoms with E-state index in [0.717, 1.165) is 0 Å². The molecule has 2 N–H and O–H groups in total. The van der Waals surface area contributed by atoms with Gasteiger partial charge < -0.3 is 15.5 Å². The van der Waals surface area contributed by atoms with E-state index in [-0.39, 0.29) is 23.9 Å². The Hall–Kier alpha value is -2.11. The van der Waals surface area contributed by atoms with E-state index in [1.807, 2.05) is 6.92 Å². The average molecular weight is 279 g/mol. The van der Waals surface area contributed by atoms with Crippen LogP contribution in [0.25, 0.3) is 0 Å². The molecule has 0 atom stereocenters. The van der Waals surface area contributed by atoms with Crippen molar-refractivity contribution in [2.24, 2.45) is 0 Å². The van der Waals surface area contributed by atoms with E-state index in [1.165, 1.54) is 12.1 Å². The highest BCUT2D eigenvalue weighted by molar-refractivity contribution is 6.00. The van der Waals surface area contributed by atoms with Gasteiger partial charge in [0.05, 0.1) is 11.3 Å². The molecule has 0 unspecified atom stereocenters. The minimum Gasteiger partial charge on any atom is -0.382 e. The second-order valence-electron chi connectivity index (χ2n) is 4.58. The monoisotopic (exact) mass is 279 g/mol.